The maximum atomic E-state index is 5.32. The molecule has 2 heterocycles. The number of piperidine rings is 1. The Kier molecular flexibility index (Phi) is 7.53. The molecule has 0 saturated carbocycles. The van der Waals surface area contributed by atoms with E-state index in [2.05, 4.69) is 51.3 Å². The lowest BCUT2D eigenvalue weighted by Gasteiger charge is -2.34. The van der Waals surface area contributed by atoms with Crippen molar-refractivity contribution in [2.45, 2.75) is 51.7 Å². The van der Waals surface area contributed by atoms with Gasteiger partial charge in [-0.1, -0.05) is 30.7 Å². The normalized spacial score (nSPS) is 24.4. The molecule has 2 aliphatic heterocycles. The van der Waals surface area contributed by atoms with Crippen molar-refractivity contribution in [3.05, 3.63) is 35.4 Å². The Morgan fingerprint density at radius 2 is 2.00 bits per heavy atom. The largest absolute Gasteiger partial charge is 0.384 e. The molecule has 1 aromatic carbocycles. The lowest BCUT2D eigenvalue weighted by atomic mass is 10.0. The van der Waals surface area contributed by atoms with Crippen LogP contribution in [0, 0.1) is 5.92 Å². The second-order valence-electron chi connectivity index (χ2n) is 8.04. The third kappa shape index (κ3) is 5.45. The highest BCUT2D eigenvalue weighted by Gasteiger charge is 2.25. The highest BCUT2D eigenvalue weighted by atomic mass is 16.5. The first-order valence-corrected chi connectivity index (χ1v) is 10.5. The molecule has 5 heteroatoms. The molecule has 150 valence electrons. The topological polar surface area (TPSA) is 40.1 Å². The average molecular weight is 373 g/mol. The first-order valence-electron chi connectivity index (χ1n) is 10.5. The van der Waals surface area contributed by atoms with Crippen molar-refractivity contribution in [1.29, 1.82) is 0 Å². The van der Waals surface area contributed by atoms with Gasteiger partial charge in [0.2, 0.25) is 0 Å². The van der Waals surface area contributed by atoms with Gasteiger partial charge in [-0.05, 0) is 43.9 Å². The van der Waals surface area contributed by atoms with E-state index in [4.69, 9.17) is 4.74 Å². The number of nitrogens with zero attached hydrogens (tertiary/aromatic N) is 3. The van der Waals surface area contributed by atoms with E-state index in [1.54, 1.807) is 7.11 Å². The first-order chi connectivity index (χ1) is 13.2. The van der Waals surface area contributed by atoms with Gasteiger partial charge in [-0.2, -0.15) is 0 Å². The van der Waals surface area contributed by atoms with E-state index in [0.29, 0.717) is 12.0 Å². The Morgan fingerprint density at radius 1 is 1.19 bits per heavy atom. The smallest absolute Gasteiger partial charge is 0.193 e. The van der Waals surface area contributed by atoms with Crippen molar-refractivity contribution in [2.75, 3.05) is 40.4 Å². The van der Waals surface area contributed by atoms with E-state index in [-0.39, 0.29) is 0 Å². The number of aliphatic imine (C=N–C) groups is 1. The summed E-state index contributed by atoms with van der Waals surface area (Å²) in [4.78, 5) is 9.51. The maximum Gasteiger partial charge on any atom is 0.193 e. The van der Waals surface area contributed by atoms with Crippen molar-refractivity contribution in [3.8, 4) is 0 Å². The Labute approximate surface area is 164 Å². The number of rotatable bonds is 6. The van der Waals surface area contributed by atoms with Gasteiger partial charge in [0.1, 0.15) is 0 Å². The third-order valence-corrected chi connectivity index (χ3v) is 6.07. The molecule has 3 rings (SSSR count). The van der Waals surface area contributed by atoms with Crippen LogP contribution in [0.15, 0.2) is 29.3 Å². The van der Waals surface area contributed by atoms with Gasteiger partial charge in [0.15, 0.2) is 5.96 Å². The predicted molar refractivity (Wildman–Crippen MR) is 112 cm³/mol. The fraction of sp³-hybridized carbons (Fsp3) is 0.682. The molecular weight excluding hydrogens is 336 g/mol. The van der Waals surface area contributed by atoms with Crippen LogP contribution in [0.4, 0.5) is 0 Å². The summed E-state index contributed by atoms with van der Waals surface area (Å²) in [6.45, 7) is 8.39. The molecule has 0 radical (unpaired) electrons. The Bertz CT molecular complexity index is 618. The molecule has 0 bridgehead atoms. The van der Waals surface area contributed by atoms with Crippen molar-refractivity contribution >= 4 is 5.96 Å². The lowest BCUT2D eigenvalue weighted by molar-refractivity contribution is 0.152. The van der Waals surface area contributed by atoms with Crippen LogP contribution in [0.1, 0.15) is 43.7 Å². The molecule has 2 unspecified atom stereocenters. The van der Waals surface area contributed by atoms with E-state index < -0.39 is 0 Å². The van der Waals surface area contributed by atoms with E-state index in [1.807, 2.05) is 7.05 Å². The highest BCUT2D eigenvalue weighted by Crippen LogP contribution is 2.21. The van der Waals surface area contributed by atoms with Gasteiger partial charge in [-0.15, -0.1) is 0 Å². The molecule has 2 fully saturated rings. The Hall–Kier alpha value is -1.59. The predicted octanol–water partition coefficient (Wildman–Crippen LogP) is 3.10. The summed E-state index contributed by atoms with van der Waals surface area (Å²) >= 11 is 0. The van der Waals surface area contributed by atoms with E-state index in [9.17, 15) is 0 Å². The van der Waals surface area contributed by atoms with Crippen molar-refractivity contribution < 1.29 is 4.74 Å². The molecule has 27 heavy (non-hydrogen) atoms. The minimum atomic E-state index is 0.612. The van der Waals surface area contributed by atoms with Crippen LogP contribution in [0.5, 0.6) is 0 Å². The fourth-order valence-corrected chi connectivity index (χ4v) is 4.40. The summed E-state index contributed by atoms with van der Waals surface area (Å²) in [5, 5.41) is 3.60. The standard InChI is InChI=1S/C22H36N4O/c1-18-8-6-7-12-25(18)16-21-10-5-4-9-20(21)14-24-22(23-2)26-13-11-19(15-26)17-27-3/h4-5,9-10,18-19H,6-8,11-17H2,1-3H3,(H,23,24). The SMILES string of the molecule is CN=C(NCc1ccccc1CN1CCCCC1C)N1CCC(COC)C1. The molecule has 2 saturated heterocycles. The number of ether oxygens (including phenoxy) is 1. The molecule has 1 aromatic rings. The number of methoxy groups -OCH3 is 1. The molecule has 2 aliphatic rings. The zero-order valence-corrected chi connectivity index (χ0v) is 17.3. The number of likely N-dealkylation sites (tertiary alicyclic amines) is 2. The van der Waals surface area contributed by atoms with Crippen molar-refractivity contribution in [3.63, 3.8) is 0 Å². The van der Waals surface area contributed by atoms with E-state index >= 15 is 0 Å². The summed E-state index contributed by atoms with van der Waals surface area (Å²) in [7, 11) is 3.67. The summed E-state index contributed by atoms with van der Waals surface area (Å²) in [5.74, 6) is 1.62. The Morgan fingerprint density at radius 3 is 2.74 bits per heavy atom. The highest BCUT2D eigenvalue weighted by molar-refractivity contribution is 5.80. The molecule has 2 atom stereocenters. The summed E-state index contributed by atoms with van der Waals surface area (Å²) < 4.78 is 5.32. The minimum absolute atomic E-state index is 0.612. The van der Waals surface area contributed by atoms with Crippen LogP contribution < -0.4 is 5.32 Å². The quantitative estimate of drug-likeness (QED) is 0.615. The van der Waals surface area contributed by atoms with Crippen LogP contribution >= 0.6 is 0 Å². The van der Waals surface area contributed by atoms with E-state index in [0.717, 1.165) is 38.7 Å². The number of benzene rings is 1. The first kappa shape index (κ1) is 20.2. The van der Waals surface area contributed by atoms with Gasteiger partial charge in [0, 0.05) is 52.3 Å². The molecule has 0 aromatic heterocycles. The minimum Gasteiger partial charge on any atom is -0.384 e. The molecule has 5 nitrogen and oxygen atoms in total. The van der Waals surface area contributed by atoms with Gasteiger partial charge < -0.3 is 15.0 Å². The fourth-order valence-electron chi connectivity index (χ4n) is 4.40. The molecule has 0 aliphatic carbocycles. The van der Waals surface area contributed by atoms with Crippen LogP contribution in [0.25, 0.3) is 0 Å². The number of guanidine groups is 1. The van der Waals surface area contributed by atoms with Gasteiger partial charge in [0.25, 0.3) is 0 Å². The van der Waals surface area contributed by atoms with Crippen LogP contribution in [-0.2, 0) is 17.8 Å². The molecule has 1 N–H and O–H groups in total. The number of hydrogen-bond acceptors (Lipinski definition) is 3. The van der Waals surface area contributed by atoms with Gasteiger partial charge in [-0.3, -0.25) is 9.89 Å². The maximum absolute atomic E-state index is 5.32. The summed E-state index contributed by atoms with van der Waals surface area (Å²) in [6.07, 6.45) is 5.20. The second-order valence-corrected chi connectivity index (χ2v) is 8.04. The van der Waals surface area contributed by atoms with E-state index in [1.165, 1.54) is 43.4 Å². The van der Waals surface area contributed by atoms with Gasteiger partial charge in [-0.25, -0.2) is 0 Å². The number of nitrogens with one attached hydrogen (secondary N) is 1. The Balaban J connectivity index is 1.59. The van der Waals surface area contributed by atoms with Gasteiger partial charge in [0.05, 0.1) is 6.61 Å². The summed E-state index contributed by atoms with van der Waals surface area (Å²) in [6, 6.07) is 9.54. The number of hydrogen-bond donors (Lipinski definition) is 1. The van der Waals surface area contributed by atoms with Crippen LogP contribution in [-0.4, -0.2) is 62.2 Å². The zero-order valence-electron chi connectivity index (χ0n) is 17.3. The zero-order chi connectivity index (χ0) is 19.1. The molecule has 0 amide bonds. The third-order valence-electron chi connectivity index (χ3n) is 6.07. The van der Waals surface area contributed by atoms with Gasteiger partial charge >= 0.3 is 0 Å². The van der Waals surface area contributed by atoms with Crippen molar-refractivity contribution in [2.24, 2.45) is 10.9 Å². The average Bonchev–Trinajstić information content (AvgIpc) is 3.14. The van der Waals surface area contributed by atoms with Crippen LogP contribution in [0.3, 0.4) is 0 Å². The molecular formula is C22H36N4O. The summed E-state index contributed by atoms with van der Waals surface area (Å²) in [5.41, 5.74) is 2.82. The second kappa shape index (κ2) is 10.1. The monoisotopic (exact) mass is 372 g/mol. The van der Waals surface area contributed by atoms with Crippen LogP contribution in [0.2, 0.25) is 0 Å². The lowest BCUT2D eigenvalue weighted by Crippen LogP contribution is -2.40. The molecule has 0 spiro atoms. The van der Waals surface area contributed by atoms with Crippen molar-refractivity contribution in [1.82, 2.24) is 15.1 Å².